The quantitative estimate of drug-likeness (QED) is 0.290. The number of pyridine rings is 1. The lowest BCUT2D eigenvalue weighted by atomic mass is 9.98. The topological polar surface area (TPSA) is 74.1 Å². The number of hydrogen-bond donors (Lipinski definition) is 0. The van der Waals surface area contributed by atoms with Gasteiger partial charge in [-0.05, 0) is 54.8 Å². The molecule has 6 nitrogen and oxygen atoms in total. The summed E-state index contributed by atoms with van der Waals surface area (Å²) in [5.41, 5.74) is -0.184. The van der Waals surface area contributed by atoms with Crippen molar-refractivity contribution in [2.24, 2.45) is 0 Å². The Morgan fingerprint density at radius 3 is 2.35 bits per heavy atom. The summed E-state index contributed by atoms with van der Waals surface area (Å²) in [5, 5.41) is 4.12. The fraction of sp³-hybridized carbons (Fsp3) is 0.200. The Morgan fingerprint density at radius 2 is 1.68 bits per heavy atom. The summed E-state index contributed by atoms with van der Waals surface area (Å²) >= 11 is 0. The SMILES string of the molecule is CS(=O)(=O)c1cc(-n2nccc2-c2cnccc2-c2cc(F)c(F)cc2OC2CC2)cc(C(F)(F)F)c1. The van der Waals surface area contributed by atoms with Crippen LogP contribution in [0, 0.1) is 11.6 Å². The lowest BCUT2D eigenvalue weighted by molar-refractivity contribution is -0.137. The number of halogens is 5. The monoisotopic (exact) mass is 535 g/mol. The van der Waals surface area contributed by atoms with Gasteiger partial charge in [-0.15, -0.1) is 0 Å². The Labute approximate surface area is 208 Å². The second kappa shape index (κ2) is 8.94. The van der Waals surface area contributed by atoms with Gasteiger partial charge in [0, 0.05) is 35.8 Å². The van der Waals surface area contributed by atoms with E-state index in [4.69, 9.17) is 4.74 Å². The van der Waals surface area contributed by atoms with Gasteiger partial charge in [0.1, 0.15) is 5.75 Å². The highest BCUT2D eigenvalue weighted by Gasteiger charge is 2.33. The zero-order chi connectivity index (χ0) is 26.5. The van der Waals surface area contributed by atoms with E-state index < -0.39 is 38.1 Å². The average molecular weight is 535 g/mol. The van der Waals surface area contributed by atoms with E-state index in [0.29, 0.717) is 17.2 Å². The van der Waals surface area contributed by atoms with Crippen LogP contribution in [0.5, 0.6) is 5.75 Å². The van der Waals surface area contributed by atoms with E-state index in [0.717, 1.165) is 48.0 Å². The van der Waals surface area contributed by atoms with Crippen LogP contribution in [0.1, 0.15) is 18.4 Å². The maximum atomic E-state index is 14.3. The van der Waals surface area contributed by atoms with Gasteiger partial charge in [0.2, 0.25) is 0 Å². The molecular weight excluding hydrogens is 517 g/mol. The van der Waals surface area contributed by atoms with E-state index in [2.05, 4.69) is 10.1 Å². The van der Waals surface area contributed by atoms with Gasteiger partial charge in [-0.3, -0.25) is 4.98 Å². The van der Waals surface area contributed by atoms with Gasteiger partial charge in [-0.25, -0.2) is 21.9 Å². The zero-order valence-corrected chi connectivity index (χ0v) is 19.9. The molecule has 1 saturated carbocycles. The summed E-state index contributed by atoms with van der Waals surface area (Å²) in [7, 11) is -4.00. The van der Waals surface area contributed by atoms with Crippen LogP contribution in [0.4, 0.5) is 22.0 Å². The molecule has 4 aromatic rings. The van der Waals surface area contributed by atoms with E-state index >= 15 is 0 Å². The Kier molecular flexibility index (Phi) is 6.01. The van der Waals surface area contributed by atoms with Crippen molar-refractivity contribution >= 4 is 9.84 Å². The van der Waals surface area contributed by atoms with Crippen molar-refractivity contribution in [3.8, 4) is 33.8 Å². The molecule has 5 rings (SSSR count). The molecule has 0 amide bonds. The second-order valence-electron chi connectivity index (χ2n) is 8.61. The van der Waals surface area contributed by atoms with Crippen LogP contribution in [-0.4, -0.2) is 35.5 Å². The molecule has 0 radical (unpaired) electrons. The van der Waals surface area contributed by atoms with Crippen molar-refractivity contribution in [2.45, 2.75) is 30.0 Å². The molecule has 0 unspecified atom stereocenters. The standard InChI is InChI=1S/C25H18F5N3O3S/c1-37(34,35)17-9-14(25(28,29)30)8-15(10-17)33-23(5-7-32-33)20-13-31-6-4-18(20)19-11-21(26)22(27)12-24(19)36-16-2-3-16/h4-13,16H,2-3H2,1H3. The largest absolute Gasteiger partial charge is 0.490 e. The zero-order valence-electron chi connectivity index (χ0n) is 19.1. The fourth-order valence-corrected chi connectivity index (χ4v) is 4.51. The number of nitrogens with zero attached hydrogens (tertiary/aromatic N) is 3. The van der Waals surface area contributed by atoms with Crippen molar-refractivity contribution < 1.29 is 35.1 Å². The molecule has 0 spiro atoms. The number of benzene rings is 2. The summed E-state index contributed by atoms with van der Waals surface area (Å²) in [6.45, 7) is 0. The normalized spacial score (nSPS) is 14.1. The van der Waals surface area contributed by atoms with Crippen molar-refractivity contribution in [2.75, 3.05) is 6.26 Å². The third kappa shape index (κ3) is 5.06. The smallest absolute Gasteiger partial charge is 0.416 e. The first-order valence-electron chi connectivity index (χ1n) is 11.0. The predicted octanol–water partition coefficient (Wildman–Crippen LogP) is 5.84. The summed E-state index contributed by atoms with van der Waals surface area (Å²) in [6, 6.07) is 7.38. The molecular formula is C25H18F5N3O3S. The number of rotatable bonds is 6. The Bertz CT molecular complexity index is 1610. The maximum Gasteiger partial charge on any atom is 0.416 e. The minimum absolute atomic E-state index is 0.110. The maximum absolute atomic E-state index is 14.3. The van der Waals surface area contributed by atoms with Crippen LogP contribution in [0.15, 0.2) is 66.0 Å². The van der Waals surface area contributed by atoms with E-state index in [1.54, 1.807) is 0 Å². The number of sulfone groups is 1. The number of alkyl halides is 3. The lowest BCUT2D eigenvalue weighted by Gasteiger charge is -2.17. The van der Waals surface area contributed by atoms with Gasteiger partial charge >= 0.3 is 6.18 Å². The second-order valence-corrected chi connectivity index (χ2v) is 10.6. The summed E-state index contributed by atoms with van der Waals surface area (Å²) in [5.74, 6) is -2.08. The van der Waals surface area contributed by atoms with Gasteiger partial charge in [-0.1, -0.05) is 0 Å². The number of aromatic nitrogens is 3. The molecule has 0 saturated heterocycles. The first-order chi connectivity index (χ1) is 17.4. The molecule has 0 aliphatic heterocycles. The first-order valence-corrected chi connectivity index (χ1v) is 12.9. The Balaban J connectivity index is 1.70. The van der Waals surface area contributed by atoms with Crippen LogP contribution in [0.25, 0.3) is 28.1 Å². The number of ether oxygens (including phenoxy) is 1. The minimum Gasteiger partial charge on any atom is -0.490 e. The summed E-state index contributed by atoms with van der Waals surface area (Å²) in [6.07, 6.45) is 1.55. The molecule has 2 aromatic carbocycles. The lowest BCUT2D eigenvalue weighted by Crippen LogP contribution is -2.10. The van der Waals surface area contributed by atoms with E-state index in [9.17, 15) is 30.4 Å². The molecule has 2 heterocycles. The number of hydrogen-bond acceptors (Lipinski definition) is 5. The van der Waals surface area contributed by atoms with Crippen molar-refractivity contribution in [3.05, 3.63) is 78.3 Å². The van der Waals surface area contributed by atoms with Gasteiger partial charge in [0.25, 0.3) is 0 Å². The van der Waals surface area contributed by atoms with Crippen LogP contribution in [0.2, 0.25) is 0 Å². The Hall–Kier alpha value is -3.80. The molecule has 0 atom stereocenters. The molecule has 0 bridgehead atoms. The van der Waals surface area contributed by atoms with Crippen molar-refractivity contribution in [1.82, 2.24) is 14.8 Å². The van der Waals surface area contributed by atoms with Crippen molar-refractivity contribution in [3.63, 3.8) is 0 Å². The van der Waals surface area contributed by atoms with Crippen LogP contribution in [0.3, 0.4) is 0 Å². The fourth-order valence-electron chi connectivity index (χ4n) is 3.83. The molecule has 0 N–H and O–H groups in total. The summed E-state index contributed by atoms with van der Waals surface area (Å²) in [4.78, 5) is 3.56. The third-order valence-electron chi connectivity index (χ3n) is 5.76. The van der Waals surface area contributed by atoms with Crippen LogP contribution in [-0.2, 0) is 16.0 Å². The Morgan fingerprint density at radius 1 is 0.946 bits per heavy atom. The van der Waals surface area contributed by atoms with Crippen LogP contribution < -0.4 is 4.74 Å². The molecule has 192 valence electrons. The predicted molar refractivity (Wildman–Crippen MR) is 124 cm³/mol. The van der Waals surface area contributed by atoms with Gasteiger partial charge in [0.15, 0.2) is 21.5 Å². The highest BCUT2D eigenvalue weighted by atomic mass is 32.2. The van der Waals surface area contributed by atoms with Gasteiger partial charge in [-0.2, -0.15) is 18.3 Å². The molecule has 37 heavy (non-hydrogen) atoms. The van der Waals surface area contributed by atoms with Gasteiger partial charge in [0.05, 0.1) is 34.1 Å². The van der Waals surface area contributed by atoms with Gasteiger partial charge < -0.3 is 4.74 Å². The summed E-state index contributed by atoms with van der Waals surface area (Å²) < 4.78 is 100. The highest BCUT2D eigenvalue weighted by Crippen LogP contribution is 2.41. The van der Waals surface area contributed by atoms with Crippen molar-refractivity contribution in [1.29, 1.82) is 0 Å². The minimum atomic E-state index is -4.82. The van der Waals surface area contributed by atoms with E-state index in [1.165, 1.54) is 30.7 Å². The van der Waals surface area contributed by atoms with Crippen LogP contribution >= 0.6 is 0 Å². The highest BCUT2D eigenvalue weighted by molar-refractivity contribution is 7.90. The molecule has 1 aliphatic carbocycles. The van der Waals surface area contributed by atoms with E-state index in [1.807, 2.05) is 0 Å². The molecule has 12 heteroatoms. The molecule has 1 fully saturated rings. The third-order valence-corrected chi connectivity index (χ3v) is 6.85. The first kappa shape index (κ1) is 24.9. The van der Waals surface area contributed by atoms with E-state index in [-0.39, 0.29) is 28.8 Å². The average Bonchev–Trinajstić information content (AvgIpc) is 3.51. The molecule has 2 aromatic heterocycles. The molecule has 1 aliphatic rings.